The van der Waals surface area contributed by atoms with Gasteiger partial charge >= 0.3 is 5.97 Å². The van der Waals surface area contributed by atoms with E-state index in [1.54, 1.807) is 41.3 Å². The highest BCUT2D eigenvalue weighted by Crippen LogP contribution is 2.28. The maximum Gasteiger partial charge on any atom is 0.333 e. The number of amides is 1. The summed E-state index contributed by atoms with van der Waals surface area (Å²) < 4.78 is 5.63. The molecule has 5 nitrogen and oxygen atoms in total. The lowest BCUT2D eigenvalue weighted by molar-refractivity contribution is -0.157. The number of carbonyl (C=O) groups excluding carboxylic acids is 3. The highest BCUT2D eigenvalue weighted by Gasteiger charge is 2.34. The van der Waals surface area contributed by atoms with E-state index in [1.807, 2.05) is 39.0 Å². The minimum Gasteiger partial charge on any atom is -0.463 e. The summed E-state index contributed by atoms with van der Waals surface area (Å²) in [5, 5.41) is 0. The Balaban J connectivity index is 1.95. The Labute approximate surface area is 184 Å². The summed E-state index contributed by atoms with van der Waals surface area (Å²) in [6.07, 6.45) is 3.05. The van der Waals surface area contributed by atoms with Crippen LogP contribution in [0.3, 0.4) is 0 Å². The van der Waals surface area contributed by atoms with Crippen molar-refractivity contribution < 1.29 is 19.1 Å². The molecule has 1 aliphatic heterocycles. The van der Waals surface area contributed by atoms with Crippen LogP contribution in [0.15, 0.2) is 54.6 Å². The van der Waals surface area contributed by atoms with Gasteiger partial charge in [-0.25, -0.2) is 4.79 Å². The smallest absolute Gasteiger partial charge is 0.333 e. The Kier molecular flexibility index (Phi) is 7.26. The largest absolute Gasteiger partial charge is 0.463 e. The summed E-state index contributed by atoms with van der Waals surface area (Å²) in [6.45, 7) is 6.74. The number of rotatable bonds is 6. The van der Waals surface area contributed by atoms with E-state index in [1.165, 1.54) is 0 Å². The van der Waals surface area contributed by atoms with Crippen LogP contribution in [-0.2, 0) is 14.3 Å². The first-order chi connectivity index (χ1) is 14.8. The van der Waals surface area contributed by atoms with Gasteiger partial charge in [0.1, 0.15) is 0 Å². The third-order valence-corrected chi connectivity index (χ3v) is 5.29. The van der Waals surface area contributed by atoms with E-state index in [2.05, 4.69) is 0 Å². The third kappa shape index (κ3) is 6.03. The van der Waals surface area contributed by atoms with Crippen LogP contribution in [-0.4, -0.2) is 35.7 Å². The minimum atomic E-state index is -0.850. The molecular weight excluding hydrogens is 390 g/mol. The van der Waals surface area contributed by atoms with Crippen LogP contribution in [0.4, 0.5) is 0 Å². The number of benzene rings is 2. The fourth-order valence-electron chi connectivity index (χ4n) is 3.69. The van der Waals surface area contributed by atoms with E-state index in [4.69, 9.17) is 4.74 Å². The Bertz CT molecular complexity index is 930. The first-order valence-electron chi connectivity index (χ1n) is 10.9. The van der Waals surface area contributed by atoms with Gasteiger partial charge in [0.05, 0.1) is 6.61 Å². The summed E-state index contributed by atoms with van der Waals surface area (Å²) in [6, 6.07) is 15.2. The second-order valence-corrected chi connectivity index (χ2v) is 9.29. The maximum atomic E-state index is 13.2. The normalized spacial score (nSPS) is 15.8. The van der Waals surface area contributed by atoms with Crippen molar-refractivity contribution in [2.24, 2.45) is 5.41 Å². The highest BCUT2D eigenvalue weighted by molar-refractivity contribution is 6.09. The molecule has 1 fully saturated rings. The van der Waals surface area contributed by atoms with Crippen molar-refractivity contribution in [2.75, 3.05) is 13.2 Å². The predicted molar refractivity (Wildman–Crippen MR) is 120 cm³/mol. The fourth-order valence-corrected chi connectivity index (χ4v) is 3.69. The van der Waals surface area contributed by atoms with E-state index in [0.717, 1.165) is 19.3 Å². The molecule has 31 heavy (non-hydrogen) atoms. The summed E-state index contributed by atoms with van der Waals surface area (Å²) >= 11 is 0. The Morgan fingerprint density at radius 3 is 2.39 bits per heavy atom. The summed E-state index contributed by atoms with van der Waals surface area (Å²) in [5.74, 6) is -0.615. The number of likely N-dealkylation sites (tertiary alicyclic amines) is 1. The molecule has 0 aliphatic carbocycles. The average Bonchev–Trinajstić information content (AvgIpc) is 2.97. The van der Waals surface area contributed by atoms with Gasteiger partial charge in [0.15, 0.2) is 11.8 Å². The van der Waals surface area contributed by atoms with Gasteiger partial charge in [-0.15, -0.1) is 0 Å². The summed E-state index contributed by atoms with van der Waals surface area (Å²) in [4.78, 5) is 40.6. The second-order valence-electron chi connectivity index (χ2n) is 9.29. The quantitative estimate of drug-likeness (QED) is 0.489. The molecule has 1 unspecified atom stereocenters. The molecule has 164 valence electrons. The van der Waals surface area contributed by atoms with Crippen molar-refractivity contribution in [2.45, 2.75) is 52.5 Å². The molecule has 1 amide bonds. The molecule has 0 spiro atoms. The molecule has 0 N–H and O–H groups in total. The van der Waals surface area contributed by atoms with Crippen molar-refractivity contribution in [1.29, 1.82) is 0 Å². The van der Waals surface area contributed by atoms with Crippen molar-refractivity contribution in [3.8, 4) is 0 Å². The zero-order valence-corrected chi connectivity index (χ0v) is 18.6. The van der Waals surface area contributed by atoms with Crippen LogP contribution in [0.25, 0.3) is 0 Å². The van der Waals surface area contributed by atoms with E-state index in [9.17, 15) is 14.4 Å². The van der Waals surface area contributed by atoms with Gasteiger partial charge < -0.3 is 9.64 Å². The number of carbonyl (C=O) groups is 3. The Hall–Kier alpha value is -2.95. The Morgan fingerprint density at radius 2 is 1.68 bits per heavy atom. The number of nitrogens with zero attached hydrogens (tertiary/aromatic N) is 1. The zero-order valence-electron chi connectivity index (χ0n) is 18.6. The average molecular weight is 422 g/mol. The molecule has 1 aliphatic rings. The van der Waals surface area contributed by atoms with Gasteiger partial charge in [-0.3, -0.25) is 9.59 Å². The predicted octanol–water partition coefficient (Wildman–Crippen LogP) is 4.95. The standard InChI is InChI=1S/C26H31NO4/c1-26(2,3)18-31-25(30)23(27-16-9-5-8-15-22(27)28)20-13-10-14-21(17-20)24(29)19-11-6-4-7-12-19/h4,6-7,10-14,17,23H,5,8-9,15-16,18H2,1-3H3. The van der Waals surface area contributed by atoms with Crippen LogP contribution in [0.1, 0.15) is 74.0 Å². The zero-order chi connectivity index (χ0) is 22.4. The van der Waals surface area contributed by atoms with Crippen LogP contribution >= 0.6 is 0 Å². The molecule has 0 radical (unpaired) electrons. The van der Waals surface area contributed by atoms with Gasteiger partial charge in [0.25, 0.3) is 0 Å². The number of ether oxygens (including phenoxy) is 1. The van der Waals surface area contributed by atoms with Crippen molar-refractivity contribution >= 4 is 17.7 Å². The number of ketones is 1. The second kappa shape index (κ2) is 9.90. The highest BCUT2D eigenvalue weighted by atomic mass is 16.5. The number of hydrogen-bond acceptors (Lipinski definition) is 4. The van der Waals surface area contributed by atoms with Crippen LogP contribution < -0.4 is 0 Å². The number of hydrogen-bond donors (Lipinski definition) is 0. The molecule has 1 atom stereocenters. The van der Waals surface area contributed by atoms with Gasteiger partial charge in [-0.2, -0.15) is 0 Å². The molecule has 0 bridgehead atoms. The van der Waals surface area contributed by atoms with Gasteiger partial charge in [0.2, 0.25) is 5.91 Å². The molecule has 3 rings (SSSR count). The summed E-state index contributed by atoms with van der Waals surface area (Å²) in [7, 11) is 0. The van der Waals surface area contributed by atoms with E-state index in [0.29, 0.717) is 29.7 Å². The van der Waals surface area contributed by atoms with Gasteiger partial charge in [-0.1, -0.05) is 75.7 Å². The Morgan fingerprint density at radius 1 is 0.968 bits per heavy atom. The maximum absolute atomic E-state index is 13.2. The molecule has 1 heterocycles. The minimum absolute atomic E-state index is 0.0463. The molecule has 2 aromatic rings. The van der Waals surface area contributed by atoms with Crippen LogP contribution in [0, 0.1) is 5.41 Å². The lowest BCUT2D eigenvalue weighted by atomic mass is 9.97. The third-order valence-electron chi connectivity index (χ3n) is 5.29. The van der Waals surface area contributed by atoms with Crippen LogP contribution in [0.5, 0.6) is 0 Å². The van der Waals surface area contributed by atoms with Crippen LogP contribution in [0.2, 0.25) is 0 Å². The molecular formula is C26H31NO4. The summed E-state index contributed by atoms with van der Waals surface area (Å²) in [5.41, 5.74) is 1.49. The molecule has 1 saturated heterocycles. The SMILES string of the molecule is CC(C)(C)COC(=O)C(c1cccc(C(=O)c2ccccc2)c1)N1CCCCCC1=O. The van der Waals surface area contributed by atoms with E-state index < -0.39 is 12.0 Å². The van der Waals surface area contributed by atoms with Crippen molar-refractivity contribution in [3.05, 3.63) is 71.3 Å². The van der Waals surface area contributed by atoms with Crippen molar-refractivity contribution in [1.82, 2.24) is 4.90 Å². The first kappa shape index (κ1) is 22.7. The topological polar surface area (TPSA) is 63.7 Å². The fraction of sp³-hybridized carbons (Fsp3) is 0.423. The molecule has 0 aromatic heterocycles. The molecule has 5 heteroatoms. The van der Waals surface area contributed by atoms with Crippen molar-refractivity contribution in [3.63, 3.8) is 0 Å². The monoisotopic (exact) mass is 421 g/mol. The van der Waals surface area contributed by atoms with Gasteiger partial charge in [0, 0.05) is 24.1 Å². The van der Waals surface area contributed by atoms with E-state index in [-0.39, 0.29) is 23.7 Å². The lowest BCUT2D eigenvalue weighted by Gasteiger charge is -2.31. The van der Waals surface area contributed by atoms with Gasteiger partial charge in [-0.05, 0) is 29.9 Å². The van der Waals surface area contributed by atoms with E-state index >= 15 is 0 Å². The molecule has 0 saturated carbocycles. The lowest BCUT2D eigenvalue weighted by Crippen LogP contribution is -2.40. The first-order valence-corrected chi connectivity index (χ1v) is 10.9. The number of esters is 1. The molecule has 2 aromatic carbocycles.